The summed E-state index contributed by atoms with van der Waals surface area (Å²) in [5, 5.41) is 0. The zero-order chi connectivity index (χ0) is 17.4. The maximum Gasteiger partial charge on any atom is 0.609 e. The van der Waals surface area contributed by atoms with Gasteiger partial charge in [0, 0.05) is 24.3 Å². The minimum Gasteiger partial charge on any atom is -0.433 e. The van der Waals surface area contributed by atoms with Crippen molar-refractivity contribution in [1.82, 2.24) is 4.98 Å². The second kappa shape index (κ2) is 6.23. The number of benzene rings is 1. The number of aromatic amines is 1. The quantitative estimate of drug-likeness (QED) is 0.786. The van der Waals surface area contributed by atoms with Gasteiger partial charge in [0.2, 0.25) is 0 Å². The number of H-pyrrole nitrogens is 1. The Morgan fingerprint density at radius 1 is 1.04 bits per heavy atom. The summed E-state index contributed by atoms with van der Waals surface area (Å²) >= 11 is 0. The van der Waals surface area contributed by atoms with Crippen LogP contribution in [0, 0.1) is 13.8 Å². The summed E-state index contributed by atoms with van der Waals surface area (Å²) in [6, 6.07) is 11.7. The number of nitrogens with zero attached hydrogens (tertiary/aromatic N) is 1. The molecular formula is C19H20BF2N2. The van der Waals surface area contributed by atoms with Gasteiger partial charge in [-0.2, -0.15) is 0 Å². The highest BCUT2D eigenvalue weighted by Crippen LogP contribution is 2.35. The molecule has 2 aromatic rings. The Kier molecular flexibility index (Phi) is 4.27. The van der Waals surface area contributed by atoms with Gasteiger partial charge in [0.15, 0.2) is 5.70 Å². The number of rotatable bonds is 3. The van der Waals surface area contributed by atoms with Crippen LogP contribution in [0.5, 0.6) is 0 Å². The molecule has 0 atom stereocenters. The molecule has 0 fully saturated rings. The summed E-state index contributed by atoms with van der Waals surface area (Å²) in [7, 11) is -2.58. The van der Waals surface area contributed by atoms with E-state index in [9.17, 15) is 8.63 Å². The lowest BCUT2D eigenvalue weighted by molar-refractivity contribution is -0.343. The summed E-state index contributed by atoms with van der Waals surface area (Å²) < 4.78 is 28.6. The van der Waals surface area contributed by atoms with Gasteiger partial charge in [-0.15, -0.1) is 0 Å². The number of hydrogen-bond donors (Lipinski definition) is 1. The largest absolute Gasteiger partial charge is 0.609 e. The molecule has 0 aliphatic carbocycles. The number of aryl methyl sites for hydroxylation is 2. The van der Waals surface area contributed by atoms with E-state index in [4.69, 9.17) is 0 Å². The van der Waals surface area contributed by atoms with Crippen molar-refractivity contribution >= 4 is 18.7 Å². The lowest BCUT2D eigenvalue weighted by atomic mass is 9.94. The lowest BCUT2D eigenvalue weighted by Crippen LogP contribution is -2.25. The van der Waals surface area contributed by atoms with Gasteiger partial charge in [0.1, 0.15) is 5.71 Å². The van der Waals surface area contributed by atoms with Gasteiger partial charge in [0.25, 0.3) is 0 Å². The maximum absolute atomic E-state index is 13.7. The first-order chi connectivity index (χ1) is 11.4. The summed E-state index contributed by atoms with van der Waals surface area (Å²) in [6.07, 6.45) is 1.82. The molecule has 0 bridgehead atoms. The molecule has 1 aliphatic heterocycles. The van der Waals surface area contributed by atoms with Crippen LogP contribution in [0.3, 0.4) is 0 Å². The van der Waals surface area contributed by atoms with Crippen LogP contribution in [-0.4, -0.2) is 22.6 Å². The molecule has 123 valence electrons. The summed E-state index contributed by atoms with van der Waals surface area (Å²) in [4.78, 5) is 3.35. The molecule has 0 spiro atoms. The highest BCUT2D eigenvalue weighted by atomic mass is 19.2. The Morgan fingerprint density at radius 2 is 1.71 bits per heavy atom. The molecular weight excluding hydrogens is 305 g/mol. The van der Waals surface area contributed by atoms with E-state index in [1.165, 1.54) is 0 Å². The lowest BCUT2D eigenvalue weighted by Gasteiger charge is -2.17. The molecule has 0 saturated carbocycles. The van der Waals surface area contributed by atoms with Crippen molar-refractivity contribution in [3.63, 3.8) is 0 Å². The van der Waals surface area contributed by atoms with Crippen LogP contribution in [0.1, 0.15) is 36.4 Å². The average Bonchev–Trinajstić information content (AvgIpc) is 3.00. The number of hydrogen-bond acceptors (Lipinski definition) is 0. The summed E-state index contributed by atoms with van der Waals surface area (Å²) in [5.41, 5.74) is 6.66. The van der Waals surface area contributed by atoms with E-state index in [1.807, 2.05) is 63.2 Å². The zero-order valence-electron chi connectivity index (χ0n) is 14.3. The molecule has 3 rings (SSSR count). The van der Waals surface area contributed by atoms with E-state index in [0.29, 0.717) is 11.4 Å². The van der Waals surface area contributed by atoms with Crippen molar-refractivity contribution in [1.29, 1.82) is 0 Å². The third-order valence-corrected chi connectivity index (χ3v) is 4.31. The molecule has 0 amide bonds. The molecule has 1 aromatic carbocycles. The molecule has 24 heavy (non-hydrogen) atoms. The van der Waals surface area contributed by atoms with Crippen LogP contribution in [0.25, 0.3) is 5.57 Å². The van der Waals surface area contributed by atoms with Crippen LogP contribution in [-0.2, 0) is 0 Å². The van der Waals surface area contributed by atoms with Crippen molar-refractivity contribution in [2.75, 3.05) is 0 Å². The number of nitrogens with one attached hydrogen (secondary N) is 1. The van der Waals surface area contributed by atoms with Crippen LogP contribution in [0.15, 0.2) is 53.7 Å². The smallest absolute Gasteiger partial charge is 0.433 e. The average molecular weight is 325 g/mol. The van der Waals surface area contributed by atoms with Crippen molar-refractivity contribution in [2.24, 2.45) is 0 Å². The van der Waals surface area contributed by atoms with Crippen molar-refractivity contribution in [3.05, 3.63) is 76.3 Å². The molecule has 0 unspecified atom stereocenters. The topological polar surface area (TPSA) is 18.8 Å². The van der Waals surface area contributed by atoms with Gasteiger partial charge in [-0.3, -0.25) is 0 Å². The zero-order valence-corrected chi connectivity index (χ0v) is 14.3. The first kappa shape index (κ1) is 16.4. The molecule has 2 nitrogen and oxygen atoms in total. The van der Waals surface area contributed by atoms with Gasteiger partial charge in [0.05, 0.1) is 11.3 Å². The Balaban J connectivity index is 2.38. The van der Waals surface area contributed by atoms with E-state index in [0.717, 1.165) is 38.1 Å². The Bertz CT molecular complexity index is 874. The van der Waals surface area contributed by atoms with Crippen LogP contribution >= 0.6 is 0 Å². The van der Waals surface area contributed by atoms with Gasteiger partial charge in [-0.1, -0.05) is 30.3 Å². The van der Waals surface area contributed by atoms with Gasteiger partial charge in [-0.25, -0.2) is 0 Å². The number of halogens is 2. The summed E-state index contributed by atoms with van der Waals surface area (Å²) in [6.45, 7) is 7.58. The van der Waals surface area contributed by atoms with E-state index in [-0.39, 0.29) is 0 Å². The Hall–Kier alpha value is -2.43. The summed E-state index contributed by atoms with van der Waals surface area (Å²) in [5.74, 6) is 0. The first-order valence-electron chi connectivity index (χ1n) is 7.96. The molecule has 5 heteroatoms. The molecule has 1 N–H and O–H groups in total. The van der Waals surface area contributed by atoms with Crippen LogP contribution in [0.4, 0.5) is 8.63 Å². The van der Waals surface area contributed by atoms with Crippen LogP contribution in [0.2, 0.25) is 0 Å². The van der Waals surface area contributed by atoms with Crippen molar-refractivity contribution in [3.8, 4) is 0 Å². The standard InChI is InChI=1S/C19H20BF2N2/c1-12-10-14(3)23-18(12)17(16-8-6-5-7-9-16)19-13(2)11-15(4)24(19)20(21)22/h5-11,23H,1-4H3. The maximum atomic E-state index is 13.7. The molecule has 1 aliphatic rings. The van der Waals surface area contributed by atoms with E-state index >= 15 is 0 Å². The minimum atomic E-state index is -2.58. The Morgan fingerprint density at radius 3 is 2.25 bits per heavy atom. The number of allylic oxidation sites excluding steroid dienone is 2. The van der Waals surface area contributed by atoms with E-state index in [1.54, 1.807) is 6.92 Å². The molecule has 1 radical (unpaired) electrons. The third kappa shape index (κ3) is 2.75. The van der Waals surface area contributed by atoms with Crippen LogP contribution < -0.4 is 0 Å². The molecule has 1 aromatic heterocycles. The first-order valence-corrected chi connectivity index (χ1v) is 7.96. The monoisotopic (exact) mass is 325 g/mol. The fraction of sp³-hybridized carbons (Fsp3) is 0.211. The second-order valence-corrected chi connectivity index (χ2v) is 6.22. The minimum absolute atomic E-state index is 0.562. The normalized spacial score (nSPS) is 16.9. The predicted molar refractivity (Wildman–Crippen MR) is 95.4 cm³/mol. The fourth-order valence-electron chi connectivity index (χ4n) is 3.38. The molecule has 2 heterocycles. The van der Waals surface area contributed by atoms with Gasteiger partial charge >= 0.3 is 7.40 Å². The second-order valence-electron chi connectivity index (χ2n) is 6.22. The van der Waals surface area contributed by atoms with Crippen molar-refractivity contribution < 1.29 is 13.1 Å². The SMILES string of the molecule is CC1=CC(C)=[N+]([B-](F)F)C1=C(c1ccccc1)c1[nH]c(C)cc1C. The van der Waals surface area contributed by atoms with Crippen molar-refractivity contribution in [2.45, 2.75) is 27.7 Å². The van der Waals surface area contributed by atoms with Gasteiger partial charge < -0.3 is 18.1 Å². The Labute approximate surface area is 141 Å². The van der Waals surface area contributed by atoms with Gasteiger partial charge in [-0.05, 0) is 38.0 Å². The fourth-order valence-corrected chi connectivity index (χ4v) is 3.38. The predicted octanol–water partition coefficient (Wildman–Crippen LogP) is 4.75. The number of aromatic nitrogens is 1. The van der Waals surface area contributed by atoms with E-state index < -0.39 is 7.40 Å². The highest BCUT2D eigenvalue weighted by molar-refractivity contribution is 6.35. The highest BCUT2D eigenvalue weighted by Gasteiger charge is 2.32. The van der Waals surface area contributed by atoms with E-state index in [2.05, 4.69) is 4.98 Å². The third-order valence-electron chi connectivity index (χ3n) is 4.31. The molecule has 0 saturated heterocycles.